The average Bonchev–Trinajstić information content (AvgIpc) is 2.80. The molecule has 5 heteroatoms. The molecule has 1 aromatic heterocycles. The van der Waals surface area contributed by atoms with Gasteiger partial charge in [-0.15, -0.1) is 11.3 Å². The monoisotopic (exact) mass is 297 g/mol. The molecule has 0 saturated heterocycles. The predicted octanol–water partition coefficient (Wildman–Crippen LogP) is 3.90. The van der Waals surface area contributed by atoms with Crippen molar-refractivity contribution in [1.29, 1.82) is 0 Å². The molecule has 1 heterocycles. The Kier molecular flexibility index (Phi) is 4.58. The number of fused-ring (bicyclic) bond motifs is 1. The van der Waals surface area contributed by atoms with Crippen molar-refractivity contribution in [3.63, 3.8) is 0 Å². The van der Waals surface area contributed by atoms with E-state index in [9.17, 15) is 8.42 Å². The normalized spacial score (nSPS) is 13.8. The van der Waals surface area contributed by atoms with Crippen molar-refractivity contribution < 1.29 is 8.42 Å². The second-order valence-electron chi connectivity index (χ2n) is 4.98. The molecule has 0 fully saturated rings. The molecule has 0 aliphatic heterocycles. The number of sulfone groups is 1. The number of hydrogen-bond donors (Lipinski definition) is 0. The van der Waals surface area contributed by atoms with Gasteiger partial charge in [-0.05, 0) is 24.5 Å². The molecule has 104 valence electrons. The second kappa shape index (κ2) is 6.01. The first-order valence-corrected chi connectivity index (χ1v) is 9.08. The Bertz CT molecular complexity index is 613. The van der Waals surface area contributed by atoms with Gasteiger partial charge in [-0.3, -0.25) is 0 Å². The van der Waals surface area contributed by atoms with Gasteiger partial charge >= 0.3 is 0 Å². The highest BCUT2D eigenvalue weighted by atomic mass is 32.2. The molecule has 19 heavy (non-hydrogen) atoms. The summed E-state index contributed by atoms with van der Waals surface area (Å²) in [5, 5.41) is 0. The van der Waals surface area contributed by atoms with Crippen molar-refractivity contribution in [3.05, 3.63) is 24.3 Å². The lowest BCUT2D eigenvalue weighted by atomic mass is 10.1. The van der Waals surface area contributed by atoms with Gasteiger partial charge in [-0.25, -0.2) is 13.4 Å². The van der Waals surface area contributed by atoms with Crippen molar-refractivity contribution in [2.24, 2.45) is 5.92 Å². The number of thiazole rings is 1. The van der Waals surface area contributed by atoms with E-state index in [2.05, 4.69) is 11.9 Å². The first-order valence-electron chi connectivity index (χ1n) is 6.61. The van der Waals surface area contributed by atoms with Gasteiger partial charge in [0, 0.05) is 0 Å². The molecule has 0 saturated carbocycles. The Morgan fingerprint density at radius 3 is 2.74 bits per heavy atom. The zero-order valence-corrected chi connectivity index (χ0v) is 12.9. The van der Waals surface area contributed by atoms with Gasteiger partial charge < -0.3 is 0 Å². The fourth-order valence-corrected chi connectivity index (χ4v) is 5.04. The molecular weight excluding hydrogens is 278 g/mol. The Balaban J connectivity index is 2.19. The fourth-order valence-electron chi connectivity index (χ4n) is 2.07. The molecular formula is C14H19NO2S2. The summed E-state index contributed by atoms with van der Waals surface area (Å²) in [5.41, 5.74) is 0.771. The maximum absolute atomic E-state index is 12.3. The number of para-hydroxylation sites is 1. The zero-order chi connectivity index (χ0) is 13.9. The Morgan fingerprint density at radius 2 is 2.05 bits per heavy atom. The third-order valence-corrected chi connectivity index (χ3v) is 6.57. The molecule has 0 bridgehead atoms. The van der Waals surface area contributed by atoms with Crippen LogP contribution in [-0.4, -0.2) is 19.2 Å². The molecule has 0 radical (unpaired) electrons. The van der Waals surface area contributed by atoms with Crippen molar-refractivity contribution >= 4 is 31.4 Å². The van der Waals surface area contributed by atoms with Crippen molar-refractivity contribution in [2.45, 2.75) is 37.4 Å². The van der Waals surface area contributed by atoms with Gasteiger partial charge in [-0.1, -0.05) is 38.8 Å². The van der Waals surface area contributed by atoms with Crippen LogP contribution in [0.2, 0.25) is 0 Å². The SMILES string of the molecule is CCCC[C@@H](C)CS(=O)(=O)c1nc2ccccc2s1. The highest BCUT2D eigenvalue weighted by molar-refractivity contribution is 7.93. The Morgan fingerprint density at radius 1 is 1.32 bits per heavy atom. The van der Waals surface area contributed by atoms with Crippen LogP contribution in [0.15, 0.2) is 28.6 Å². The third-order valence-electron chi connectivity index (χ3n) is 3.09. The molecule has 0 N–H and O–H groups in total. The molecule has 1 aromatic carbocycles. The van der Waals surface area contributed by atoms with Gasteiger partial charge in [-0.2, -0.15) is 0 Å². The number of benzene rings is 1. The minimum atomic E-state index is -3.24. The van der Waals surface area contributed by atoms with Crippen LogP contribution in [0.1, 0.15) is 33.1 Å². The maximum atomic E-state index is 12.3. The van der Waals surface area contributed by atoms with E-state index in [1.54, 1.807) is 0 Å². The third kappa shape index (κ3) is 3.54. The number of aromatic nitrogens is 1. The van der Waals surface area contributed by atoms with Crippen LogP contribution in [0.5, 0.6) is 0 Å². The molecule has 1 atom stereocenters. The van der Waals surface area contributed by atoms with E-state index in [1.165, 1.54) is 11.3 Å². The molecule has 0 spiro atoms. The van der Waals surface area contributed by atoms with E-state index in [-0.39, 0.29) is 16.0 Å². The van der Waals surface area contributed by atoms with Crippen molar-refractivity contribution in [1.82, 2.24) is 4.98 Å². The molecule has 0 amide bonds. The van der Waals surface area contributed by atoms with Crippen LogP contribution in [0, 0.1) is 5.92 Å². The number of unbranched alkanes of at least 4 members (excludes halogenated alkanes) is 1. The number of nitrogens with zero attached hydrogens (tertiary/aromatic N) is 1. The first-order chi connectivity index (χ1) is 9.03. The molecule has 2 rings (SSSR count). The van der Waals surface area contributed by atoms with Gasteiger partial charge in [0.25, 0.3) is 0 Å². The van der Waals surface area contributed by atoms with Gasteiger partial charge in [0.2, 0.25) is 14.2 Å². The van der Waals surface area contributed by atoms with E-state index in [0.717, 1.165) is 29.5 Å². The number of hydrogen-bond acceptors (Lipinski definition) is 4. The van der Waals surface area contributed by atoms with Crippen molar-refractivity contribution in [2.75, 3.05) is 5.75 Å². The van der Waals surface area contributed by atoms with E-state index in [4.69, 9.17) is 0 Å². The second-order valence-corrected chi connectivity index (χ2v) is 8.21. The lowest BCUT2D eigenvalue weighted by Gasteiger charge is -2.09. The van der Waals surface area contributed by atoms with E-state index >= 15 is 0 Å². The molecule has 0 aliphatic rings. The smallest absolute Gasteiger partial charge is 0.210 e. The zero-order valence-electron chi connectivity index (χ0n) is 11.3. The van der Waals surface area contributed by atoms with E-state index in [1.807, 2.05) is 31.2 Å². The van der Waals surface area contributed by atoms with Crippen molar-refractivity contribution in [3.8, 4) is 0 Å². The van der Waals surface area contributed by atoms with Gasteiger partial charge in [0.15, 0.2) is 0 Å². The minimum Gasteiger partial charge on any atom is -0.225 e. The lowest BCUT2D eigenvalue weighted by Crippen LogP contribution is -2.14. The number of rotatable bonds is 6. The highest BCUT2D eigenvalue weighted by Crippen LogP contribution is 2.27. The predicted molar refractivity (Wildman–Crippen MR) is 80.4 cm³/mol. The summed E-state index contributed by atoms with van der Waals surface area (Å²) in [6.45, 7) is 4.12. The summed E-state index contributed by atoms with van der Waals surface area (Å²) in [5.74, 6) is 0.393. The summed E-state index contributed by atoms with van der Waals surface area (Å²) >= 11 is 1.27. The molecule has 2 aromatic rings. The summed E-state index contributed by atoms with van der Waals surface area (Å²) < 4.78 is 25.8. The molecule has 0 aliphatic carbocycles. The van der Waals surface area contributed by atoms with Crippen LogP contribution in [0.3, 0.4) is 0 Å². The van der Waals surface area contributed by atoms with E-state index in [0.29, 0.717) is 0 Å². The van der Waals surface area contributed by atoms with Gasteiger partial charge in [0.05, 0.1) is 16.0 Å². The topological polar surface area (TPSA) is 47.0 Å². The quantitative estimate of drug-likeness (QED) is 0.812. The van der Waals surface area contributed by atoms with Crippen LogP contribution in [0.4, 0.5) is 0 Å². The Labute approximate surface area is 118 Å². The van der Waals surface area contributed by atoms with Crippen LogP contribution in [-0.2, 0) is 9.84 Å². The highest BCUT2D eigenvalue weighted by Gasteiger charge is 2.22. The van der Waals surface area contributed by atoms with Crippen LogP contribution >= 0.6 is 11.3 Å². The standard InChI is InChI=1S/C14H19NO2S2/c1-3-4-7-11(2)10-19(16,17)14-15-12-8-5-6-9-13(12)18-14/h5-6,8-9,11H,3-4,7,10H2,1-2H3/t11-/m1/s1. The van der Waals surface area contributed by atoms with Gasteiger partial charge in [0.1, 0.15) is 0 Å². The summed E-state index contributed by atoms with van der Waals surface area (Å²) in [7, 11) is -3.24. The largest absolute Gasteiger partial charge is 0.225 e. The lowest BCUT2D eigenvalue weighted by molar-refractivity contribution is 0.530. The van der Waals surface area contributed by atoms with Crippen LogP contribution in [0.25, 0.3) is 10.2 Å². The average molecular weight is 297 g/mol. The molecule has 0 unspecified atom stereocenters. The first kappa shape index (κ1) is 14.5. The van der Waals surface area contributed by atoms with Crippen LogP contribution < -0.4 is 0 Å². The Hall–Kier alpha value is -0.940. The summed E-state index contributed by atoms with van der Waals surface area (Å²) in [4.78, 5) is 4.25. The summed E-state index contributed by atoms with van der Waals surface area (Å²) in [6, 6.07) is 7.54. The fraction of sp³-hybridized carbons (Fsp3) is 0.500. The van der Waals surface area contributed by atoms with E-state index < -0.39 is 9.84 Å². The molecule has 3 nitrogen and oxygen atoms in total. The minimum absolute atomic E-state index is 0.192. The maximum Gasteiger partial charge on any atom is 0.210 e. The summed E-state index contributed by atoms with van der Waals surface area (Å²) in [6.07, 6.45) is 3.14.